The van der Waals surface area contributed by atoms with Crippen LogP contribution in [-0.2, 0) is 14.3 Å². The van der Waals surface area contributed by atoms with E-state index in [1.54, 1.807) is 7.11 Å². The third kappa shape index (κ3) is 3.53. The highest BCUT2D eigenvalue weighted by atomic mass is 19.1. The number of benzene rings is 1. The van der Waals surface area contributed by atoms with Crippen LogP contribution >= 0.6 is 0 Å². The van der Waals surface area contributed by atoms with E-state index in [-0.39, 0.29) is 17.9 Å². The van der Waals surface area contributed by atoms with E-state index in [1.807, 2.05) is 13.0 Å². The van der Waals surface area contributed by atoms with E-state index in [2.05, 4.69) is 5.32 Å². The maximum Gasteiger partial charge on any atom is 0.331 e. The van der Waals surface area contributed by atoms with Crippen LogP contribution in [0.25, 0.3) is 0 Å². The predicted molar refractivity (Wildman–Crippen MR) is 78.8 cm³/mol. The highest BCUT2D eigenvalue weighted by Crippen LogP contribution is 2.34. The molecule has 2 atom stereocenters. The van der Waals surface area contributed by atoms with Crippen LogP contribution in [0.1, 0.15) is 31.2 Å². The number of anilines is 1. The number of nitrogens with one attached hydrogen (secondary N) is 1. The molecule has 0 amide bonds. The van der Waals surface area contributed by atoms with Gasteiger partial charge in [0.1, 0.15) is 11.4 Å². The fourth-order valence-corrected chi connectivity index (χ4v) is 3.06. The van der Waals surface area contributed by atoms with Gasteiger partial charge in [0, 0.05) is 19.2 Å². The number of halogens is 1. The molecule has 2 unspecified atom stereocenters. The van der Waals surface area contributed by atoms with E-state index in [4.69, 9.17) is 9.47 Å². The standard InChI is InChI=1S/C16H22FNO3/c1-11-7-12(17)9-13(8-11)18-16(15(19)21-3)6-4-5-14(10-16)20-2/h7-9,14,18H,4-6,10H2,1-3H3. The molecule has 1 N–H and O–H groups in total. The molecule has 5 heteroatoms. The predicted octanol–water partition coefficient (Wildman–Crippen LogP) is 3.05. The Morgan fingerprint density at radius 2 is 2.14 bits per heavy atom. The van der Waals surface area contributed by atoms with Crippen molar-refractivity contribution in [3.05, 3.63) is 29.6 Å². The highest BCUT2D eigenvalue weighted by Gasteiger charge is 2.44. The van der Waals surface area contributed by atoms with Gasteiger partial charge in [0.05, 0.1) is 13.2 Å². The minimum absolute atomic E-state index is 0.00000567. The first kappa shape index (κ1) is 15.8. The van der Waals surface area contributed by atoms with Gasteiger partial charge in [-0.1, -0.05) is 0 Å². The Morgan fingerprint density at radius 3 is 2.76 bits per heavy atom. The van der Waals surface area contributed by atoms with Gasteiger partial charge in [0.2, 0.25) is 0 Å². The zero-order valence-electron chi connectivity index (χ0n) is 12.7. The smallest absolute Gasteiger partial charge is 0.331 e. The molecular weight excluding hydrogens is 273 g/mol. The SMILES string of the molecule is COC(=O)C1(Nc2cc(C)cc(F)c2)CCCC(OC)C1. The van der Waals surface area contributed by atoms with Crippen molar-refractivity contribution in [3.63, 3.8) is 0 Å². The average Bonchev–Trinajstić information content (AvgIpc) is 2.45. The number of hydrogen-bond acceptors (Lipinski definition) is 4. The number of ether oxygens (including phenoxy) is 2. The first-order valence-electron chi connectivity index (χ1n) is 7.16. The van der Waals surface area contributed by atoms with Gasteiger partial charge in [0.15, 0.2) is 0 Å². The molecule has 116 valence electrons. The third-order valence-electron chi connectivity index (χ3n) is 4.04. The molecule has 0 spiro atoms. The summed E-state index contributed by atoms with van der Waals surface area (Å²) in [6.07, 6.45) is 2.94. The first-order chi connectivity index (χ1) is 9.99. The van der Waals surface area contributed by atoms with Crippen molar-refractivity contribution < 1.29 is 18.7 Å². The summed E-state index contributed by atoms with van der Waals surface area (Å²) in [6.45, 7) is 1.82. The Balaban J connectivity index is 2.29. The quantitative estimate of drug-likeness (QED) is 0.867. The molecule has 1 aromatic carbocycles. The van der Waals surface area contributed by atoms with Crippen LogP contribution in [0.15, 0.2) is 18.2 Å². The molecule has 21 heavy (non-hydrogen) atoms. The number of hydrogen-bond donors (Lipinski definition) is 1. The van der Waals surface area contributed by atoms with Gasteiger partial charge in [-0.05, 0) is 49.9 Å². The van der Waals surface area contributed by atoms with Crippen LogP contribution in [0.5, 0.6) is 0 Å². The molecule has 1 aliphatic rings. The molecule has 0 aromatic heterocycles. The molecule has 0 heterocycles. The van der Waals surface area contributed by atoms with Gasteiger partial charge < -0.3 is 14.8 Å². The van der Waals surface area contributed by atoms with E-state index in [9.17, 15) is 9.18 Å². The summed E-state index contributed by atoms with van der Waals surface area (Å²) < 4.78 is 23.9. The van der Waals surface area contributed by atoms with Crippen molar-refractivity contribution in [2.45, 2.75) is 44.2 Å². The highest BCUT2D eigenvalue weighted by molar-refractivity contribution is 5.84. The fourth-order valence-electron chi connectivity index (χ4n) is 3.06. The van der Waals surface area contributed by atoms with Crippen molar-refractivity contribution in [1.29, 1.82) is 0 Å². The maximum atomic E-state index is 13.6. The Morgan fingerprint density at radius 1 is 1.38 bits per heavy atom. The lowest BCUT2D eigenvalue weighted by atomic mass is 9.79. The van der Waals surface area contributed by atoms with Crippen molar-refractivity contribution in [3.8, 4) is 0 Å². The van der Waals surface area contributed by atoms with E-state index in [1.165, 1.54) is 19.2 Å². The zero-order valence-corrected chi connectivity index (χ0v) is 12.7. The normalized spacial score (nSPS) is 25.4. The van der Waals surface area contributed by atoms with Crippen molar-refractivity contribution in [2.75, 3.05) is 19.5 Å². The van der Waals surface area contributed by atoms with E-state index >= 15 is 0 Å². The molecule has 4 nitrogen and oxygen atoms in total. The van der Waals surface area contributed by atoms with Crippen LogP contribution in [0.2, 0.25) is 0 Å². The Labute approximate surface area is 124 Å². The molecule has 1 aliphatic carbocycles. The summed E-state index contributed by atoms with van der Waals surface area (Å²) >= 11 is 0. The number of aryl methyl sites for hydroxylation is 1. The number of rotatable bonds is 4. The lowest BCUT2D eigenvalue weighted by Crippen LogP contribution is -2.52. The van der Waals surface area contributed by atoms with Crippen molar-refractivity contribution in [2.24, 2.45) is 0 Å². The number of carbonyl (C=O) groups is 1. The molecular formula is C16H22FNO3. The second-order valence-corrected chi connectivity index (χ2v) is 5.67. The van der Waals surface area contributed by atoms with Gasteiger partial charge in [-0.3, -0.25) is 0 Å². The van der Waals surface area contributed by atoms with E-state index in [0.29, 0.717) is 18.5 Å². The lowest BCUT2D eigenvalue weighted by molar-refractivity contribution is -0.149. The Kier molecular flexibility index (Phi) is 4.83. The summed E-state index contributed by atoms with van der Waals surface area (Å²) in [7, 11) is 3.02. The molecule has 1 fully saturated rings. The molecule has 0 saturated heterocycles. The second-order valence-electron chi connectivity index (χ2n) is 5.67. The molecule has 1 aromatic rings. The largest absolute Gasteiger partial charge is 0.467 e. The zero-order chi connectivity index (χ0) is 15.5. The second kappa shape index (κ2) is 6.43. The van der Waals surface area contributed by atoms with Gasteiger partial charge in [-0.15, -0.1) is 0 Å². The molecule has 0 bridgehead atoms. The fraction of sp³-hybridized carbons (Fsp3) is 0.562. The van der Waals surface area contributed by atoms with Crippen molar-refractivity contribution >= 4 is 11.7 Å². The monoisotopic (exact) mass is 295 g/mol. The summed E-state index contributed by atoms with van der Waals surface area (Å²) in [6, 6.07) is 4.67. The molecule has 0 radical (unpaired) electrons. The van der Waals surface area contributed by atoms with Gasteiger partial charge >= 0.3 is 5.97 Å². The van der Waals surface area contributed by atoms with Gasteiger partial charge in [0.25, 0.3) is 0 Å². The van der Waals surface area contributed by atoms with Crippen LogP contribution in [0.3, 0.4) is 0 Å². The van der Waals surface area contributed by atoms with Gasteiger partial charge in [-0.2, -0.15) is 0 Å². The first-order valence-corrected chi connectivity index (χ1v) is 7.16. The minimum Gasteiger partial charge on any atom is -0.467 e. The molecule has 1 saturated carbocycles. The molecule has 0 aliphatic heterocycles. The summed E-state index contributed by atoms with van der Waals surface area (Å²) in [5.74, 6) is -0.650. The van der Waals surface area contributed by atoms with Gasteiger partial charge in [-0.25, -0.2) is 9.18 Å². The Hall–Kier alpha value is -1.62. The van der Waals surface area contributed by atoms with Crippen LogP contribution in [-0.4, -0.2) is 31.8 Å². The topological polar surface area (TPSA) is 47.6 Å². The number of esters is 1. The number of carbonyl (C=O) groups excluding carboxylic acids is 1. The molecule has 2 rings (SSSR count). The van der Waals surface area contributed by atoms with E-state index in [0.717, 1.165) is 18.4 Å². The summed E-state index contributed by atoms with van der Waals surface area (Å²) in [5.41, 5.74) is 0.541. The van der Waals surface area contributed by atoms with Crippen molar-refractivity contribution in [1.82, 2.24) is 0 Å². The van der Waals surface area contributed by atoms with Crippen LogP contribution < -0.4 is 5.32 Å². The number of methoxy groups -OCH3 is 2. The summed E-state index contributed by atoms with van der Waals surface area (Å²) in [5, 5.41) is 3.20. The third-order valence-corrected chi connectivity index (χ3v) is 4.04. The Bertz CT molecular complexity index is 500. The van der Waals surface area contributed by atoms with E-state index < -0.39 is 5.54 Å². The van der Waals surface area contributed by atoms with Crippen LogP contribution in [0, 0.1) is 12.7 Å². The lowest BCUT2D eigenvalue weighted by Gasteiger charge is -2.39. The maximum absolute atomic E-state index is 13.6. The summed E-state index contributed by atoms with van der Waals surface area (Å²) in [4.78, 5) is 12.3. The average molecular weight is 295 g/mol. The van der Waals surface area contributed by atoms with Crippen LogP contribution in [0.4, 0.5) is 10.1 Å². The minimum atomic E-state index is -0.853.